The Bertz CT molecular complexity index is 1180. The number of rotatable bonds is 7. The van der Waals surface area contributed by atoms with Crippen LogP contribution in [0.2, 0.25) is 0 Å². The summed E-state index contributed by atoms with van der Waals surface area (Å²) in [5.74, 6) is -4.77. The zero-order chi connectivity index (χ0) is 28.0. The van der Waals surface area contributed by atoms with Gasteiger partial charge in [-0.15, -0.1) is 5.92 Å². The molecular weight excluding hydrogens is 506 g/mol. The number of carbonyl (C=O) groups excluding carboxylic acids is 3. The predicted octanol–water partition coefficient (Wildman–Crippen LogP) is 2.57. The van der Waals surface area contributed by atoms with Crippen molar-refractivity contribution in [3.8, 4) is 17.9 Å². The van der Waals surface area contributed by atoms with Crippen molar-refractivity contribution in [2.75, 3.05) is 18.4 Å². The molecule has 0 radical (unpaired) electrons. The minimum atomic E-state index is -3.42. The number of hydrogen-bond donors (Lipinski definition) is 3. The number of carbonyl (C=O) groups is 3. The number of nitriles is 1. The highest BCUT2D eigenvalue weighted by atomic mass is 19.3. The summed E-state index contributed by atoms with van der Waals surface area (Å²) in [7, 11) is 0. The van der Waals surface area contributed by atoms with Crippen LogP contribution in [0.25, 0.3) is 0 Å². The largest absolute Gasteiger partial charge is 0.371 e. The van der Waals surface area contributed by atoms with Crippen LogP contribution >= 0.6 is 0 Å². The van der Waals surface area contributed by atoms with E-state index in [0.717, 1.165) is 23.1 Å². The van der Waals surface area contributed by atoms with E-state index in [4.69, 9.17) is 0 Å². The quantitative estimate of drug-likeness (QED) is 0.367. The van der Waals surface area contributed by atoms with E-state index < -0.39 is 72.3 Å². The Hall–Kier alpha value is -3.80. The average Bonchev–Trinajstić information content (AvgIpc) is 2.87. The molecule has 0 spiro atoms. The Morgan fingerprint density at radius 2 is 2.05 bits per heavy atom. The Balaban J connectivity index is 1.85. The molecule has 0 bridgehead atoms. The van der Waals surface area contributed by atoms with Gasteiger partial charge in [0.1, 0.15) is 35.7 Å². The van der Waals surface area contributed by atoms with Crippen LogP contribution in [0.4, 0.5) is 23.2 Å². The molecule has 2 fully saturated rings. The first-order valence-electron chi connectivity index (χ1n) is 12.3. The Kier molecular flexibility index (Phi) is 9.21. The van der Waals surface area contributed by atoms with Gasteiger partial charge in [-0.3, -0.25) is 14.4 Å². The van der Waals surface area contributed by atoms with Crippen molar-refractivity contribution in [1.82, 2.24) is 15.5 Å². The van der Waals surface area contributed by atoms with Crippen LogP contribution in [0.1, 0.15) is 39.5 Å². The SMILES string of the molecule is CC#CC1[C@@H](C(=O)N[C@H](C#N)C[C@@H]2CCCNC2=O)N(C(=O)[C@H](C)Nc2cc(F)ccc2F)CCC1(F)F. The lowest BCUT2D eigenvalue weighted by Crippen LogP contribution is -2.64. The van der Waals surface area contributed by atoms with E-state index in [2.05, 4.69) is 27.8 Å². The molecule has 3 amide bonds. The van der Waals surface area contributed by atoms with Gasteiger partial charge in [0.2, 0.25) is 17.7 Å². The number of hydrogen-bond acceptors (Lipinski definition) is 5. The molecule has 0 saturated carbocycles. The molecule has 0 aromatic heterocycles. The van der Waals surface area contributed by atoms with Gasteiger partial charge in [-0.1, -0.05) is 5.92 Å². The number of benzene rings is 1. The van der Waals surface area contributed by atoms with E-state index in [1.165, 1.54) is 13.8 Å². The Morgan fingerprint density at radius 3 is 2.71 bits per heavy atom. The van der Waals surface area contributed by atoms with E-state index in [9.17, 15) is 37.2 Å². The van der Waals surface area contributed by atoms with E-state index >= 15 is 0 Å². The topological polar surface area (TPSA) is 114 Å². The molecule has 1 unspecified atom stereocenters. The first-order valence-corrected chi connectivity index (χ1v) is 12.3. The number of nitrogens with one attached hydrogen (secondary N) is 3. The van der Waals surface area contributed by atoms with Gasteiger partial charge in [0, 0.05) is 25.4 Å². The molecule has 0 aliphatic carbocycles. The predicted molar refractivity (Wildman–Crippen MR) is 129 cm³/mol. The third kappa shape index (κ3) is 6.55. The molecule has 3 N–H and O–H groups in total. The summed E-state index contributed by atoms with van der Waals surface area (Å²) < 4.78 is 57.6. The maximum Gasteiger partial charge on any atom is 0.265 e. The van der Waals surface area contributed by atoms with Crippen LogP contribution < -0.4 is 16.0 Å². The molecule has 2 aliphatic heterocycles. The summed E-state index contributed by atoms with van der Waals surface area (Å²) in [6.45, 7) is 2.65. The summed E-state index contributed by atoms with van der Waals surface area (Å²) >= 11 is 0. The zero-order valence-corrected chi connectivity index (χ0v) is 21.0. The first-order chi connectivity index (χ1) is 18.0. The van der Waals surface area contributed by atoms with E-state index in [-0.39, 0.29) is 18.0 Å². The van der Waals surface area contributed by atoms with Crippen LogP contribution in [0.15, 0.2) is 18.2 Å². The molecule has 1 aromatic rings. The van der Waals surface area contributed by atoms with Crippen LogP contribution in [0.5, 0.6) is 0 Å². The molecule has 2 heterocycles. The van der Waals surface area contributed by atoms with Crippen molar-refractivity contribution >= 4 is 23.4 Å². The van der Waals surface area contributed by atoms with Gasteiger partial charge in [0.25, 0.3) is 5.92 Å². The Morgan fingerprint density at radius 1 is 1.32 bits per heavy atom. The number of piperidine rings is 2. The monoisotopic (exact) mass is 535 g/mol. The molecule has 2 saturated heterocycles. The minimum absolute atomic E-state index is 0.0218. The number of anilines is 1. The second kappa shape index (κ2) is 12.2. The molecule has 8 nitrogen and oxygen atoms in total. The fraction of sp³-hybridized carbons (Fsp3) is 0.538. The van der Waals surface area contributed by atoms with Crippen LogP contribution in [-0.4, -0.2) is 59.8 Å². The summed E-state index contributed by atoms with van der Waals surface area (Å²) in [5.41, 5.74) is -0.311. The number of alkyl halides is 2. The van der Waals surface area contributed by atoms with Gasteiger partial charge >= 0.3 is 0 Å². The summed E-state index contributed by atoms with van der Waals surface area (Å²) in [6, 6.07) is 0.345. The average molecular weight is 536 g/mol. The van der Waals surface area contributed by atoms with E-state index in [1.54, 1.807) is 0 Å². The lowest BCUT2D eigenvalue weighted by atomic mass is 9.84. The number of likely N-dealkylation sites (tertiary alicyclic amines) is 1. The van der Waals surface area contributed by atoms with Crippen LogP contribution in [-0.2, 0) is 14.4 Å². The van der Waals surface area contributed by atoms with Crippen molar-refractivity contribution in [2.24, 2.45) is 11.8 Å². The summed E-state index contributed by atoms with van der Waals surface area (Å²) in [5, 5.41) is 17.2. The van der Waals surface area contributed by atoms with Crippen molar-refractivity contribution in [3.05, 3.63) is 29.8 Å². The molecule has 3 rings (SSSR count). The van der Waals surface area contributed by atoms with Crippen molar-refractivity contribution in [3.63, 3.8) is 0 Å². The van der Waals surface area contributed by atoms with Gasteiger partial charge < -0.3 is 20.9 Å². The second-order valence-corrected chi connectivity index (χ2v) is 9.41. The van der Waals surface area contributed by atoms with Gasteiger partial charge in [-0.2, -0.15) is 5.26 Å². The Labute approximate surface area is 218 Å². The third-order valence-electron chi connectivity index (χ3n) is 6.71. The lowest BCUT2D eigenvalue weighted by Gasteiger charge is -2.43. The third-order valence-corrected chi connectivity index (χ3v) is 6.71. The fourth-order valence-electron chi connectivity index (χ4n) is 4.75. The minimum Gasteiger partial charge on any atom is -0.371 e. The van der Waals surface area contributed by atoms with Gasteiger partial charge in [-0.05, 0) is 51.3 Å². The highest BCUT2D eigenvalue weighted by Crippen LogP contribution is 2.38. The van der Waals surface area contributed by atoms with Crippen LogP contribution in [0.3, 0.4) is 0 Å². The fourth-order valence-corrected chi connectivity index (χ4v) is 4.75. The summed E-state index contributed by atoms with van der Waals surface area (Å²) in [6.07, 6.45) is 0.416. The smallest absolute Gasteiger partial charge is 0.265 e. The van der Waals surface area contributed by atoms with Crippen LogP contribution in [0, 0.1) is 46.6 Å². The summed E-state index contributed by atoms with van der Waals surface area (Å²) in [4.78, 5) is 39.8. The van der Waals surface area contributed by atoms with E-state index in [1.807, 2.05) is 6.07 Å². The lowest BCUT2D eigenvalue weighted by molar-refractivity contribution is -0.160. The maximum absolute atomic E-state index is 14.9. The molecule has 1 aromatic carbocycles. The second-order valence-electron chi connectivity index (χ2n) is 9.41. The first kappa shape index (κ1) is 28.8. The number of nitrogens with zero attached hydrogens (tertiary/aromatic N) is 2. The molecule has 2 aliphatic rings. The number of halogens is 4. The molecule has 38 heavy (non-hydrogen) atoms. The van der Waals surface area contributed by atoms with E-state index in [0.29, 0.717) is 19.4 Å². The van der Waals surface area contributed by atoms with Gasteiger partial charge in [-0.25, -0.2) is 17.6 Å². The number of amides is 3. The highest BCUT2D eigenvalue weighted by Gasteiger charge is 2.54. The van der Waals surface area contributed by atoms with Crippen molar-refractivity contribution in [2.45, 2.75) is 63.6 Å². The molecular formula is C26H29F4N5O3. The molecule has 12 heteroatoms. The van der Waals surface area contributed by atoms with Gasteiger partial charge in [0.05, 0.1) is 11.8 Å². The highest BCUT2D eigenvalue weighted by molar-refractivity contribution is 5.92. The zero-order valence-electron chi connectivity index (χ0n) is 21.0. The standard InChI is InChI=1S/C26H29F4N5O3/c1-3-5-19-22(24(37)34-18(14-31)12-16-6-4-10-32-23(16)36)35(11-9-26(19,29)30)25(38)15(2)33-21-13-17(27)7-8-20(21)28/h7-8,13,15-16,18-19,22,33H,4,6,9-12H2,1-2H3,(H,32,36)(H,34,37)/t15-,16-,18-,19?,22-/m0/s1. The normalized spacial score (nSPS) is 24.1. The van der Waals surface area contributed by atoms with Crippen molar-refractivity contribution < 1.29 is 31.9 Å². The van der Waals surface area contributed by atoms with Crippen molar-refractivity contribution in [1.29, 1.82) is 5.26 Å². The molecule has 204 valence electrons. The maximum atomic E-state index is 14.9. The van der Waals surface area contributed by atoms with Gasteiger partial charge in [0.15, 0.2) is 0 Å². The molecule has 5 atom stereocenters.